The summed E-state index contributed by atoms with van der Waals surface area (Å²) in [5.74, 6) is -0.648. The summed E-state index contributed by atoms with van der Waals surface area (Å²) in [5, 5.41) is 0.643. The largest absolute Gasteiger partial charge is 0.497 e. The van der Waals surface area contributed by atoms with Crippen molar-refractivity contribution in [2.45, 2.75) is 0 Å². The molecule has 21 heavy (non-hydrogen) atoms. The number of methoxy groups -OCH3 is 1. The fourth-order valence-electron chi connectivity index (χ4n) is 2.12. The number of fused-ring (bicyclic) bond motifs is 1. The van der Waals surface area contributed by atoms with Gasteiger partial charge in [0.2, 0.25) is 0 Å². The number of ether oxygens (including phenoxy) is 1. The van der Waals surface area contributed by atoms with E-state index in [1.165, 1.54) is 25.4 Å². The minimum absolute atomic E-state index is 0.00308. The highest BCUT2D eigenvalue weighted by Crippen LogP contribution is 2.25. The second-order valence-electron chi connectivity index (χ2n) is 4.43. The molecule has 0 aliphatic carbocycles. The molecule has 3 aromatic rings. The third-order valence-electron chi connectivity index (χ3n) is 3.16. The molecule has 3 rings (SSSR count). The molecule has 6 heteroatoms. The molecule has 0 aliphatic heterocycles. The Morgan fingerprint density at radius 1 is 1.33 bits per heavy atom. The Hall–Kier alpha value is -2.21. The number of halogens is 2. The van der Waals surface area contributed by atoms with Crippen LogP contribution in [0, 0.1) is 5.82 Å². The van der Waals surface area contributed by atoms with Gasteiger partial charge in [0.1, 0.15) is 17.2 Å². The van der Waals surface area contributed by atoms with E-state index in [4.69, 9.17) is 4.74 Å². The summed E-state index contributed by atoms with van der Waals surface area (Å²) < 4.78 is 19.7. The Kier molecular flexibility index (Phi) is 3.47. The average Bonchev–Trinajstić information content (AvgIpc) is 2.89. The minimum atomic E-state index is -0.614. The molecule has 0 saturated carbocycles. The normalized spacial score (nSPS) is 10.8. The van der Waals surface area contributed by atoms with Gasteiger partial charge >= 0.3 is 0 Å². The van der Waals surface area contributed by atoms with E-state index in [0.717, 1.165) is 4.47 Å². The molecule has 2 aromatic heterocycles. The van der Waals surface area contributed by atoms with E-state index in [2.05, 4.69) is 25.9 Å². The molecule has 0 amide bonds. The third-order valence-corrected chi connectivity index (χ3v) is 3.60. The monoisotopic (exact) mass is 348 g/mol. The van der Waals surface area contributed by atoms with Crippen molar-refractivity contribution in [3.05, 3.63) is 58.1 Å². The van der Waals surface area contributed by atoms with Crippen LogP contribution in [0.4, 0.5) is 4.39 Å². The average molecular weight is 349 g/mol. The number of aromatic nitrogens is 2. The first-order valence-corrected chi connectivity index (χ1v) is 6.90. The maximum absolute atomic E-state index is 14.0. The molecule has 0 atom stereocenters. The van der Waals surface area contributed by atoms with Crippen molar-refractivity contribution in [2.24, 2.45) is 0 Å². The quantitative estimate of drug-likeness (QED) is 0.734. The lowest BCUT2D eigenvalue weighted by Gasteiger charge is -2.04. The number of H-pyrrole nitrogens is 1. The molecule has 0 fully saturated rings. The second kappa shape index (κ2) is 5.29. The Balaban J connectivity index is 2.10. The SMILES string of the molecule is COc1ccc(C(=O)c2c[nH]c3ncc(Br)cc23)c(F)c1. The number of pyridine rings is 1. The van der Waals surface area contributed by atoms with Gasteiger partial charge in [0, 0.05) is 33.9 Å². The molecule has 0 saturated heterocycles. The lowest BCUT2D eigenvalue weighted by molar-refractivity contribution is 0.103. The molecular weight excluding hydrogens is 339 g/mol. The molecule has 0 radical (unpaired) electrons. The van der Waals surface area contributed by atoms with E-state index in [0.29, 0.717) is 22.3 Å². The van der Waals surface area contributed by atoms with Crippen LogP contribution in [0.25, 0.3) is 11.0 Å². The Morgan fingerprint density at radius 2 is 2.14 bits per heavy atom. The lowest BCUT2D eigenvalue weighted by Crippen LogP contribution is -2.04. The third kappa shape index (κ3) is 2.42. The number of hydrogen-bond acceptors (Lipinski definition) is 3. The first-order chi connectivity index (χ1) is 10.1. The van der Waals surface area contributed by atoms with Gasteiger partial charge in [0.05, 0.1) is 12.7 Å². The van der Waals surface area contributed by atoms with Crippen molar-refractivity contribution in [3.8, 4) is 5.75 Å². The van der Waals surface area contributed by atoms with Crippen molar-refractivity contribution in [2.75, 3.05) is 7.11 Å². The Morgan fingerprint density at radius 3 is 2.86 bits per heavy atom. The van der Waals surface area contributed by atoms with Crippen molar-refractivity contribution in [3.63, 3.8) is 0 Å². The summed E-state index contributed by atoms with van der Waals surface area (Å²) in [6, 6.07) is 5.93. The first kappa shape index (κ1) is 13.8. The van der Waals surface area contributed by atoms with Gasteiger partial charge in [-0.1, -0.05) is 0 Å². The number of rotatable bonds is 3. The van der Waals surface area contributed by atoms with Gasteiger partial charge in [-0.25, -0.2) is 9.37 Å². The van der Waals surface area contributed by atoms with Crippen LogP contribution in [-0.4, -0.2) is 22.9 Å². The fraction of sp³-hybridized carbons (Fsp3) is 0.0667. The summed E-state index contributed by atoms with van der Waals surface area (Å²) in [4.78, 5) is 19.6. The Bertz CT molecular complexity index is 845. The van der Waals surface area contributed by atoms with E-state index < -0.39 is 11.6 Å². The summed E-state index contributed by atoms with van der Waals surface area (Å²) in [6.07, 6.45) is 3.16. The molecule has 0 unspecified atom stereocenters. The summed E-state index contributed by atoms with van der Waals surface area (Å²) in [5.41, 5.74) is 0.954. The van der Waals surface area contributed by atoms with Gasteiger partial charge in [-0.15, -0.1) is 0 Å². The predicted octanol–water partition coefficient (Wildman–Crippen LogP) is 3.70. The lowest BCUT2D eigenvalue weighted by atomic mass is 10.0. The molecule has 4 nitrogen and oxygen atoms in total. The van der Waals surface area contributed by atoms with Gasteiger partial charge in [-0.05, 0) is 34.1 Å². The maximum atomic E-state index is 14.0. The number of carbonyl (C=O) groups is 1. The first-order valence-electron chi connectivity index (χ1n) is 6.11. The van der Waals surface area contributed by atoms with E-state index in [9.17, 15) is 9.18 Å². The van der Waals surface area contributed by atoms with E-state index in [1.54, 1.807) is 18.3 Å². The van der Waals surface area contributed by atoms with Crippen molar-refractivity contribution in [1.82, 2.24) is 9.97 Å². The highest BCUT2D eigenvalue weighted by molar-refractivity contribution is 9.10. The van der Waals surface area contributed by atoms with Gasteiger partial charge in [0.15, 0.2) is 5.78 Å². The highest BCUT2D eigenvalue weighted by Gasteiger charge is 2.18. The molecule has 106 valence electrons. The van der Waals surface area contributed by atoms with Crippen LogP contribution in [0.2, 0.25) is 0 Å². The predicted molar refractivity (Wildman–Crippen MR) is 80.2 cm³/mol. The van der Waals surface area contributed by atoms with Gasteiger partial charge in [-0.2, -0.15) is 0 Å². The van der Waals surface area contributed by atoms with Crippen LogP contribution in [0.15, 0.2) is 41.1 Å². The fourth-order valence-corrected chi connectivity index (χ4v) is 2.45. The van der Waals surface area contributed by atoms with Gasteiger partial charge in [-0.3, -0.25) is 4.79 Å². The van der Waals surface area contributed by atoms with Crippen molar-refractivity contribution in [1.29, 1.82) is 0 Å². The molecule has 0 spiro atoms. The zero-order chi connectivity index (χ0) is 15.0. The zero-order valence-electron chi connectivity index (χ0n) is 11.0. The number of hydrogen-bond donors (Lipinski definition) is 1. The smallest absolute Gasteiger partial charge is 0.198 e. The summed E-state index contributed by atoms with van der Waals surface area (Å²) >= 11 is 3.31. The molecule has 0 aliphatic rings. The summed E-state index contributed by atoms with van der Waals surface area (Å²) in [7, 11) is 1.44. The Labute approximate surface area is 128 Å². The molecule has 1 aromatic carbocycles. The van der Waals surface area contributed by atoms with Crippen LogP contribution in [0.1, 0.15) is 15.9 Å². The standard InChI is InChI=1S/C15H10BrFN2O2/c1-21-9-2-3-10(13(17)5-9)14(20)12-7-19-15-11(12)4-8(16)6-18-15/h2-7H,1H3,(H,18,19). The van der Waals surface area contributed by atoms with Crippen LogP contribution in [0.5, 0.6) is 5.75 Å². The zero-order valence-corrected chi connectivity index (χ0v) is 12.6. The molecule has 2 heterocycles. The van der Waals surface area contributed by atoms with Gasteiger partial charge in [0.25, 0.3) is 0 Å². The number of benzene rings is 1. The minimum Gasteiger partial charge on any atom is -0.497 e. The molecular formula is C15H10BrFN2O2. The molecule has 1 N–H and O–H groups in total. The van der Waals surface area contributed by atoms with Gasteiger partial charge < -0.3 is 9.72 Å². The van der Waals surface area contributed by atoms with E-state index >= 15 is 0 Å². The number of nitrogens with zero attached hydrogens (tertiary/aromatic N) is 1. The summed E-state index contributed by atoms with van der Waals surface area (Å²) in [6.45, 7) is 0. The number of nitrogens with one attached hydrogen (secondary N) is 1. The van der Waals surface area contributed by atoms with Crippen LogP contribution in [-0.2, 0) is 0 Å². The van der Waals surface area contributed by atoms with Crippen LogP contribution < -0.4 is 4.74 Å². The number of aromatic amines is 1. The second-order valence-corrected chi connectivity index (χ2v) is 5.34. The number of carbonyl (C=O) groups excluding carboxylic acids is 1. The molecule has 0 bridgehead atoms. The number of ketones is 1. The maximum Gasteiger partial charge on any atom is 0.198 e. The van der Waals surface area contributed by atoms with E-state index in [-0.39, 0.29) is 5.56 Å². The van der Waals surface area contributed by atoms with Crippen molar-refractivity contribution < 1.29 is 13.9 Å². The van der Waals surface area contributed by atoms with Crippen molar-refractivity contribution >= 4 is 32.7 Å². The van der Waals surface area contributed by atoms with Crippen LogP contribution >= 0.6 is 15.9 Å². The highest BCUT2D eigenvalue weighted by atomic mass is 79.9. The van der Waals surface area contributed by atoms with E-state index in [1.807, 2.05) is 0 Å². The van der Waals surface area contributed by atoms with Crippen LogP contribution in [0.3, 0.4) is 0 Å². The topological polar surface area (TPSA) is 55.0 Å².